The van der Waals surface area contributed by atoms with Crippen molar-refractivity contribution < 1.29 is 48.7 Å². The van der Waals surface area contributed by atoms with Crippen molar-refractivity contribution in [3.8, 4) is 0 Å². The lowest BCUT2D eigenvalue weighted by Crippen LogP contribution is -2.50. The summed E-state index contributed by atoms with van der Waals surface area (Å²) in [7, 11) is 1.52. The number of nitrogens with zero attached hydrogens (tertiary/aromatic N) is 2. The molecule has 0 bridgehead atoms. The molecule has 2 aromatic rings. The maximum Gasteiger partial charge on any atom is 0.435 e. The zero-order chi connectivity index (χ0) is 30.4. The third-order valence-electron chi connectivity index (χ3n) is 5.92. The molecule has 40 heavy (non-hydrogen) atoms. The maximum atomic E-state index is 14.5. The Hall–Kier alpha value is -3.07. The largest absolute Gasteiger partial charge is 0.435 e. The molecule has 1 aliphatic rings. The van der Waals surface area contributed by atoms with Gasteiger partial charge < -0.3 is 15.6 Å². The van der Waals surface area contributed by atoms with E-state index in [0.29, 0.717) is 12.4 Å². The third-order valence-corrected chi connectivity index (χ3v) is 6.52. The highest BCUT2D eigenvalue weighted by Gasteiger charge is 2.73. The summed E-state index contributed by atoms with van der Waals surface area (Å²) in [5.74, 6) is -0.527. The molecule has 218 valence electrons. The Morgan fingerprint density at radius 1 is 1.02 bits per heavy atom. The first-order chi connectivity index (χ1) is 18.2. The summed E-state index contributed by atoms with van der Waals surface area (Å²) < 4.78 is 134. The van der Waals surface area contributed by atoms with E-state index >= 15 is 0 Å². The lowest BCUT2D eigenvalue weighted by Gasteiger charge is -2.31. The fraction of sp³-hybridized carbons (Fsp3) is 0.348. The van der Waals surface area contributed by atoms with Crippen LogP contribution in [0.2, 0.25) is 10.2 Å². The van der Waals surface area contributed by atoms with E-state index in [1.807, 2.05) is 5.32 Å². The van der Waals surface area contributed by atoms with Gasteiger partial charge in [0, 0.05) is 48.4 Å². The molecule has 0 unspecified atom stereocenters. The molecule has 0 aliphatic heterocycles. The maximum absolute atomic E-state index is 14.5. The van der Waals surface area contributed by atoms with Crippen LogP contribution in [0.1, 0.15) is 39.9 Å². The van der Waals surface area contributed by atoms with Gasteiger partial charge in [-0.05, 0) is 31.0 Å². The quantitative estimate of drug-likeness (QED) is 0.186. The summed E-state index contributed by atoms with van der Waals surface area (Å²) in [5.41, 5.74) is -12.3. The van der Waals surface area contributed by atoms with Gasteiger partial charge in [-0.2, -0.15) is 39.5 Å². The van der Waals surface area contributed by atoms with Gasteiger partial charge in [0.25, 0.3) is 5.91 Å². The van der Waals surface area contributed by atoms with Crippen LogP contribution in [-0.2, 0) is 11.8 Å². The number of alkyl halides is 10. The van der Waals surface area contributed by atoms with Crippen molar-refractivity contribution in [1.82, 2.24) is 9.88 Å². The van der Waals surface area contributed by atoms with E-state index in [9.17, 15) is 48.7 Å². The van der Waals surface area contributed by atoms with E-state index in [1.54, 1.807) is 0 Å². The van der Waals surface area contributed by atoms with Crippen molar-refractivity contribution in [3.63, 3.8) is 0 Å². The number of rotatable bonds is 7. The molecule has 1 fully saturated rings. The third kappa shape index (κ3) is 5.99. The van der Waals surface area contributed by atoms with Crippen LogP contribution in [-0.4, -0.2) is 47.4 Å². The first-order valence-electron chi connectivity index (χ1n) is 10.9. The predicted molar refractivity (Wildman–Crippen MR) is 126 cm³/mol. The number of halogens is 12. The molecule has 0 saturated heterocycles. The lowest BCUT2D eigenvalue weighted by atomic mass is 9.92. The number of anilines is 1. The van der Waals surface area contributed by atoms with Gasteiger partial charge in [0.05, 0.1) is 21.8 Å². The highest BCUT2D eigenvalue weighted by molar-refractivity contribution is 6.33. The van der Waals surface area contributed by atoms with Crippen molar-refractivity contribution in [2.75, 3.05) is 12.4 Å². The number of carbonyl (C=O) groups excluding carboxylic acids is 1. The van der Waals surface area contributed by atoms with Crippen LogP contribution >= 0.6 is 23.2 Å². The van der Waals surface area contributed by atoms with Gasteiger partial charge in [0.15, 0.2) is 0 Å². The first kappa shape index (κ1) is 31.5. The number of hydrogen-bond acceptors (Lipinski definition) is 4. The van der Waals surface area contributed by atoms with Gasteiger partial charge in [0.2, 0.25) is 0 Å². The Labute approximate surface area is 229 Å². The van der Waals surface area contributed by atoms with E-state index in [4.69, 9.17) is 28.6 Å². The fourth-order valence-electron chi connectivity index (χ4n) is 3.60. The van der Waals surface area contributed by atoms with Gasteiger partial charge in [-0.3, -0.25) is 4.79 Å². The van der Waals surface area contributed by atoms with Crippen LogP contribution in [0.25, 0.3) is 5.57 Å². The molecule has 1 aromatic carbocycles. The minimum absolute atomic E-state index is 0.0160. The molecular formula is C23H16Cl2F10N4O. The summed E-state index contributed by atoms with van der Waals surface area (Å²) in [6.45, 7) is 0. The molecule has 3 rings (SSSR count). The van der Waals surface area contributed by atoms with Crippen LogP contribution in [0, 0.1) is 5.41 Å². The Kier molecular flexibility index (Phi) is 8.44. The second-order valence-electron chi connectivity index (χ2n) is 8.63. The smallest absolute Gasteiger partial charge is 0.359 e. The van der Waals surface area contributed by atoms with Crippen molar-refractivity contribution in [2.45, 2.75) is 43.1 Å². The van der Waals surface area contributed by atoms with E-state index in [2.05, 4.69) is 4.98 Å². The van der Waals surface area contributed by atoms with Crippen LogP contribution in [0.5, 0.6) is 0 Å². The fourth-order valence-corrected chi connectivity index (χ4v) is 4.05. The highest BCUT2D eigenvalue weighted by atomic mass is 35.5. The average Bonchev–Trinajstić information content (AvgIpc) is 3.67. The number of allylic oxidation sites excluding steroid dienone is 1. The molecule has 2 N–H and O–H groups in total. The molecule has 0 atom stereocenters. The van der Waals surface area contributed by atoms with Crippen molar-refractivity contribution in [1.29, 1.82) is 5.41 Å². The summed E-state index contributed by atoms with van der Waals surface area (Å²) in [6, 6.07) is 0.290. The predicted octanol–water partition coefficient (Wildman–Crippen LogP) is 8.03. The number of amides is 1. The van der Waals surface area contributed by atoms with Crippen LogP contribution < -0.4 is 5.32 Å². The summed E-state index contributed by atoms with van der Waals surface area (Å²) in [4.78, 5) is 18.0. The Balaban J connectivity index is 2.09. The van der Waals surface area contributed by atoms with Crippen molar-refractivity contribution in [3.05, 3.63) is 63.0 Å². The number of carbonyl (C=O) groups is 1. The summed E-state index contributed by atoms with van der Waals surface area (Å²) in [5, 5.41) is 8.05. The number of pyridine rings is 1. The second kappa shape index (κ2) is 10.7. The van der Waals surface area contributed by atoms with Crippen molar-refractivity contribution >= 4 is 46.6 Å². The van der Waals surface area contributed by atoms with Crippen LogP contribution in [0.3, 0.4) is 0 Å². The molecular weight excluding hydrogens is 609 g/mol. The topological polar surface area (TPSA) is 69.1 Å². The first-order valence-corrected chi connectivity index (χ1v) is 11.6. The molecule has 5 nitrogen and oxygen atoms in total. The van der Waals surface area contributed by atoms with Gasteiger partial charge in [-0.15, -0.1) is 0 Å². The molecule has 17 heteroatoms. The molecule has 1 heterocycles. The van der Waals surface area contributed by atoms with E-state index in [0.717, 1.165) is 19.0 Å². The SMILES string of the molecule is CN(C(=O)c1cc(/C(C=N)=C/Nc2c(Cl)cc(C(F)(C(F)(F)F)C(F)(F)F)cc2C(F)(F)F)cnc1Cl)C1CC1. The average molecular weight is 625 g/mol. The van der Waals surface area contributed by atoms with Gasteiger partial charge in [0.1, 0.15) is 5.15 Å². The second-order valence-corrected chi connectivity index (χ2v) is 9.40. The van der Waals surface area contributed by atoms with E-state index < -0.39 is 58.0 Å². The molecule has 0 radical (unpaired) electrons. The Bertz CT molecular complexity index is 1340. The van der Waals surface area contributed by atoms with Gasteiger partial charge >= 0.3 is 24.2 Å². The van der Waals surface area contributed by atoms with E-state index in [-0.39, 0.29) is 34.0 Å². The number of nitrogens with one attached hydrogen (secondary N) is 2. The van der Waals surface area contributed by atoms with Crippen molar-refractivity contribution in [2.24, 2.45) is 0 Å². The Morgan fingerprint density at radius 2 is 1.60 bits per heavy atom. The van der Waals surface area contributed by atoms with Crippen LogP contribution in [0.4, 0.5) is 49.6 Å². The molecule has 1 amide bonds. The normalized spacial score (nSPS) is 15.2. The standard InChI is InChI=1S/C23H16Cl2F10N4O/c1-39(13-2-3-13)19(40)14-4-10(8-38-18(14)25)11(7-36)9-37-17-15(21(27,28)29)5-12(6-16(17)24)20(26,22(30,31)32)23(33,34)35/h4-9,13,36-37H,2-3H2,1H3/b11-9+,36-7?. The number of hydrogen-bond donors (Lipinski definition) is 2. The minimum Gasteiger partial charge on any atom is -0.359 e. The zero-order valence-electron chi connectivity index (χ0n) is 19.8. The molecule has 0 spiro atoms. The molecule has 1 aromatic heterocycles. The summed E-state index contributed by atoms with van der Waals surface area (Å²) >= 11 is 11.7. The molecule has 1 saturated carbocycles. The van der Waals surface area contributed by atoms with Gasteiger partial charge in [-0.1, -0.05) is 23.2 Å². The van der Waals surface area contributed by atoms with Crippen LogP contribution in [0.15, 0.2) is 30.6 Å². The number of aromatic nitrogens is 1. The minimum atomic E-state index is -6.68. The highest BCUT2D eigenvalue weighted by Crippen LogP contribution is 2.55. The molecule has 1 aliphatic carbocycles. The summed E-state index contributed by atoms with van der Waals surface area (Å²) in [6.07, 6.45) is -15.1. The van der Waals surface area contributed by atoms with Gasteiger partial charge in [-0.25, -0.2) is 9.37 Å². The van der Waals surface area contributed by atoms with E-state index in [1.165, 1.54) is 18.0 Å². The zero-order valence-corrected chi connectivity index (χ0v) is 21.3. The lowest BCUT2D eigenvalue weighted by molar-refractivity contribution is -0.348. The monoisotopic (exact) mass is 624 g/mol. The number of benzene rings is 1. The Morgan fingerprint density at radius 3 is 2.08 bits per heavy atom.